The Labute approximate surface area is 152 Å². The summed E-state index contributed by atoms with van der Waals surface area (Å²) in [5.41, 5.74) is 1.35. The summed E-state index contributed by atoms with van der Waals surface area (Å²) in [6.07, 6.45) is 6.00. The molecule has 1 unspecified atom stereocenters. The highest BCUT2D eigenvalue weighted by molar-refractivity contribution is 6.04. The highest BCUT2D eigenvalue weighted by atomic mass is 16.5. The number of nitrogens with one attached hydrogen (secondary N) is 2. The van der Waals surface area contributed by atoms with Gasteiger partial charge in [0.25, 0.3) is 5.91 Å². The van der Waals surface area contributed by atoms with Crippen LogP contribution in [0, 0.1) is 11.8 Å². The Balaban J connectivity index is 1.55. The summed E-state index contributed by atoms with van der Waals surface area (Å²) in [4.78, 5) is 34.3. The van der Waals surface area contributed by atoms with Gasteiger partial charge >= 0.3 is 6.03 Å². The Morgan fingerprint density at radius 3 is 2.35 bits per heavy atom. The molecule has 3 N–H and O–H groups in total. The van der Waals surface area contributed by atoms with Crippen LogP contribution in [0.5, 0.6) is 0 Å². The number of carbonyl (C=O) groups is 3. The third-order valence-electron chi connectivity index (χ3n) is 5.55. The fraction of sp³-hybridized carbons (Fsp3) is 0.526. The van der Waals surface area contributed by atoms with Crippen LogP contribution in [0.3, 0.4) is 0 Å². The summed E-state index contributed by atoms with van der Waals surface area (Å²) in [6, 6.07) is 8.20. The summed E-state index contributed by atoms with van der Waals surface area (Å²) in [7, 11) is 0. The zero-order valence-electron chi connectivity index (χ0n) is 14.6. The molecule has 1 aliphatic carbocycles. The van der Waals surface area contributed by atoms with E-state index in [4.69, 9.17) is 0 Å². The van der Waals surface area contributed by atoms with Gasteiger partial charge in [-0.15, -0.1) is 0 Å². The van der Waals surface area contributed by atoms with Crippen LogP contribution < -0.4 is 10.6 Å². The molecule has 4 amide bonds. The van der Waals surface area contributed by atoms with Crippen molar-refractivity contribution in [2.24, 2.45) is 11.8 Å². The lowest BCUT2D eigenvalue weighted by molar-refractivity contribution is -0.165. The standard InChI is InChI=1S/C19H25N3O4/c23-12-22(26)16(17-18(24)21-19(25)20-17)11-15-8-6-14(7-9-15)10-13-4-2-1-3-5-13/h1-5,12,14-17,26H,6-11H2,(H2,20,21,24,25)/t14?,15?,16?,17-/m0/s1. The highest BCUT2D eigenvalue weighted by Gasteiger charge is 2.40. The maximum atomic E-state index is 11.9. The molecule has 26 heavy (non-hydrogen) atoms. The first-order valence-electron chi connectivity index (χ1n) is 9.14. The van der Waals surface area contributed by atoms with Gasteiger partial charge in [-0.1, -0.05) is 43.2 Å². The molecule has 1 saturated heterocycles. The Kier molecular flexibility index (Phi) is 5.88. The Morgan fingerprint density at radius 2 is 1.77 bits per heavy atom. The summed E-state index contributed by atoms with van der Waals surface area (Å²) in [5, 5.41) is 15.1. The predicted molar refractivity (Wildman–Crippen MR) is 94.2 cm³/mol. The smallest absolute Gasteiger partial charge is 0.322 e. The normalized spacial score (nSPS) is 26.7. The molecule has 2 atom stereocenters. The molecule has 7 heteroatoms. The van der Waals surface area contributed by atoms with Crippen LogP contribution in [-0.4, -0.2) is 40.7 Å². The molecule has 0 aromatic heterocycles. The third kappa shape index (κ3) is 4.40. The molecule has 0 spiro atoms. The first-order chi connectivity index (χ1) is 12.6. The summed E-state index contributed by atoms with van der Waals surface area (Å²) in [6.45, 7) is 0. The number of hydroxylamine groups is 2. The van der Waals surface area contributed by atoms with E-state index in [1.807, 2.05) is 6.07 Å². The van der Waals surface area contributed by atoms with Gasteiger partial charge in [0, 0.05) is 0 Å². The maximum absolute atomic E-state index is 11.9. The molecule has 1 aromatic rings. The molecule has 0 radical (unpaired) electrons. The van der Waals surface area contributed by atoms with Gasteiger partial charge in [-0.25, -0.2) is 9.86 Å². The number of amides is 4. The first-order valence-corrected chi connectivity index (χ1v) is 9.14. The number of hydrogen-bond donors (Lipinski definition) is 3. The van der Waals surface area contributed by atoms with Crippen LogP contribution in [0.1, 0.15) is 37.7 Å². The minimum Gasteiger partial charge on any atom is -0.324 e. The molecule has 2 fully saturated rings. The van der Waals surface area contributed by atoms with Gasteiger partial charge in [0.15, 0.2) is 0 Å². The molecular weight excluding hydrogens is 334 g/mol. The van der Waals surface area contributed by atoms with Crippen LogP contribution in [0.15, 0.2) is 30.3 Å². The predicted octanol–water partition coefficient (Wildman–Crippen LogP) is 1.85. The van der Waals surface area contributed by atoms with Crippen molar-refractivity contribution in [3.8, 4) is 0 Å². The number of imide groups is 1. The van der Waals surface area contributed by atoms with E-state index in [2.05, 4.69) is 34.9 Å². The largest absolute Gasteiger partial charge is 0.324 e. The fourth-order valence-corrected chi connectivity index (χ4v) is 4.14. The SMILES string of the molecule is O=CN(O)C(CC1CCC(Cc2ccccc2)CC1)[C@@H]1NC(=O)NC1=O. The van der Waals surface area contributed by atoms with Crippen molar-refractivity contribution in [1.82, 2.24) is 15.7 Å². The topological polar surface area (TPSA) is 98.7 Å². The number of carbonyl (C=O) groups excluding carboxylic acids is 3. The third-order valence-corrected chi connectivity index (χ3v) is 5.55. The quantitative estimate of drug-likeness (QED) is 0.299. The molecule has 1 aromatic carbocycles. The lowest BCUT2D eigenvalue weighted by Crippen LogP contribution is -2.50. The van der Waals surface area contributed by atoms with Gasteiger partial charge in [-0.3, -0.25) is 20.1 Å². The monoisotopic (exact) mass is 359 g/mol. The zero-order chi connectivity index (χ0) is 18.5. The molecule has 2 aliphatic rings. The molecule has 140 valence electrons. The van der Waals surface area contributed by atoms with E-state index in [0.717, 1.165) is 32.1 Å². The second-order valence-corrected chi connectivity index (χ2v) is 7.31. The van der Waals surface area contributed by atoms with Crippen LogP contribution in [-0.2, 0) is 16.0 Å². The summed E-state index contributed by atoms with van der Waals surface area (Å²) < 4.78 is 0. The second kappa shape index (κ2) is 8.31. The van der Waals surface area contributed by atoms with Crippen molar-refractivity contribution in [3.63, 3.8) is 0 Å². The fourth-order valence-electron chi connectivity index (χ4n) is 4.14. The summed E-state index contributed by atoms with van der Waals surface area (Å²) >= 11 is 0. The average Bonchev–Trinajstić information content (AvgIpc) is 2.99. The maximum Gasteiger partial charge on any atom is 0.322 e. The average molecular weight is 359 g/mol. The van der Waals surface area contributed by atoms with E-state index in [9.17, 15) is 19.6 Å². The van der Waals surface area contributed by atoms with E-state index in [1.165, 1.54) is 5.56 Å². The van der Waals surface area contributed by atoms with E-state index < -0.39 is 24.0 Å². The number of rotatable bonds is 7. The van der Waals surface area contributed by atoms with Crippen molar-refractivity contribution in [2.45, 2.75) is 50.6 Å². The van der Waals surface area contributed by atoms with Crippen LogP contribution in [0.2, 0.25) is 0 Å². The lowest BCUT2D eigenvalue weighted by atomic mass is 9.76. The summed E-state index contributed by atoms with van der Waals surface area (Å²) in [5.74, 6) is 0.448. The molecular formula is C19H25N3O4. The first kappa shape index (κ1) is 18.4. The van der Waals surface area contributed by atoms with E-state index in [0.29, 0.717) is 29.7 Å². The van der Waals surface area contributed by atoms with Crippen molar-refractivity contribution in [2.75, 3.05) is 0 Å². The molecule has 3 rings (SSSR count). The lowest BCUT2D eigenvalue weighted by Gasteiger charge is -2.34. The van der Waals surface area contributed by atoms with E-state index in [-0.39, 0.29) is 0 Å². The Hall–Kier alpha value is -2.41. The van der Waals surface area contributed by atoms with Crippen molar-refractivity contribution in [3.05, 3.63) is 35.9 Å². The molecule has 0 bridgehead atoms. The molecule has 7 nitrogen and oxygen atoms in total. The number of urea groups is 1. The van der Waals surface area contributed by atoms with Gasteiger partial charge in [-0.05, 0) is 43.1 Å². The van der Waals surface area contributed by atoms with Crippen LogP contribution in [0.25, 0.3) is 0 Å². The molecule has 1 aliphatic heterocycles. The van der Waals surface area contributed by atoms with Crippen molar-refractivity contribution in [1.29, 1.82) is 0 Å². The molecule has 1 heterocycles. The van der Waals surface area contributed by atoms with Crippen LogP contribution >= 0.6 is 0 Å². The minimum atomic E-state index is -0.903. The number of hydrogen-bond acceptors (Lipinski definition) is 4. The Morgan fingerprint density at radius 1 is 1.12 bits per heavy atom. The van der Waals surface area contributed by atoms with Crippen LogP contribution in [0.4, 0.5) is 4.79 Å². The number of nitrogens with zero attached hydrogens (tertiary/aromatic N) is 1. The van der Waals surface area contributed by atoms with Gasteiger partial charge in [-0.2, -0.15) is 0 Å². The second-order valence-electron chi connectivity index (χ2n) is 7.31. The van der Waals surface area contributed by atoms with E-state index in [1.54, 1.807) is 0 Å². The minimum absolute atomic E-state index is 0.295. The van der Waals surface area contributed by atoms with Gasteiger partial charge in [0.05, 0.1) is 6.04 Å². The van der Waals surface area contributed by atoms with Crippen molar-refractivity contribution >= 4 is 18.3 Å². The Bertz CT molecular complexity index is 643. The van der Waals surface area contributed by atoms with Gasteiger partial charge in [0.2, 0.25) is 6.41 Å². The zero-order valence-corrected chi connectivity index (χ0v) is 14.6. The van der Waals surface area contributed by atoms with E-state index >= 15 is 0 Å². The highest BCUT2D eigenvalue weighted by Crippen LogP contribution is 2.34. The van der Waals surface area contributed by atoms with Crippen molar-refractivity contribution < 1.29 is 19.6 Å². The van der Waals surface area contributed by atoms with Gasteiger partial charge < -0.3 is 5.32 Å². The molecule has 1 saturated carbocycles. The number of benzene rings is 1. The van der Waals surface area contributed by atoms with Gasteiger partial charge in [0.1, 0.15) is 6.04 Å².